The fourth-order valence-electron chi connectivity index (χ4n) is 1.57. The molecule has 0 aliphatic carbocycles. The highest BCUT2D eigenvalue weighted by Crippen LogP contribution is 2.20. The summed E-state index contributed by atoms with van der Waals surface area (Å²) in [4.78, 5) is 4.35. The molecule has 0 atom stereocenters. The standard InChI is InChI=1S/C13H13ClN2/c1-2-7-15-9-11-8-10-5-3-4-6-12(10)16-13(11)14/h2-6,8,15H,1,7,9H2. The molecule has 0 amide bonds. The SMILES string of the molecule is C=CCNCc1cc2ccccc2nc1Cl. The van der Waals surface area contributed by atoms with Crippen molar-refractivity contribution in [2.24, 2.45) is 0 Å². The van der Waals surface area contributed by atoms with Crippen molar-refractivity contribution in [3.63, 3.8) is 0 Å². The Balaban J connectivity index is 2.30. The maximum Gasteiger partial charge on any atom is 0.134 e. The summed E-state index contributed by atoms with van der Waals surface area (Å²) in [6.07, 6.45) is 1.82. The number of para-hydroxylation sites is 1. The van der Waals surface area contributed by atoms with Gasteiger partial charge in [0.25, 0.3) is 0 Å². The smallest absolute Gasteiger partial charge is 0.134 e. The number of benzene rings is 1. The minimum atomic E-state index is 0.565. The second-order valence-electron chi connectivity index (χ2n) is 3.55. The van der Waals surface area contributed by atoms with E-state index in [1.54, 1.807) is 0 Å². The molecule has 0 bridgehead atoms. The number of aromatic nitrogens is 1. The van der Waals surface area contributed by atoms with Crippen molar-refractivity contribution >= 4 is 22.5 Å². The lowest BCUT2D eigenvalue weighted by Crippen LogP contribution is -2.13. The van der Waals surface area contributed by atoms with E-state index in [1.807, 2.05) is 30.3 Å². The van der Waals surface area contributed by atoms with E-state index in [0.717, 1.165) is 23.0 Å². The molecule has 82 valence electrons. The van der Waals surface area contributed by atoms with E-state index in [-0.39, 0.29) is 0 Å². The van der Waals surface area contributed by atoms with E-state index in [0.29, 0.717) is 11.7 Å². The number of pyridine rings is 1. The van der Waals surface area contributed by atoms with Crippen LogP contribution in [0.2, 0.25) is 5.15 Å². The van der Waals surface area contributed by atoms with Gasteiger partial charge >= 0.3 is 0 Å². The molecule has 0 saturated carbocycles. The zero-order chi connectivity index (χ0) is 11.4. The van der Waals surface area contributed by atoms with E-state index < -0.39 is 0 Å². The molecule has 0 aliphatic rings. The summed E-state index contributed by atoms with van der Waals surface area (Å²) >= 11 is 6.11. The van der Waals surface area contributed by atoms with Crippen molar-refractivity contribution in [3.05, 3.63) is 53.7 Å². The van der Waals surface area contributed by atoms with Gasteiger partial charge in [-0.1, -0.05) is 35.9 Å². The predicted octanol–water partition coefficient (Wildman–Crippen LogP) is 3.16. The van der Waals surface area contributed by atoms with Crippen LogP contribution >= 0.6 is 11.6 Å². The van der Waals surface area contributed by atoms with Crippen LogP contribution in [-0.2, 0) is 6.54 Å². The molecule has 1 aromatic heterocycles. The van der Waals surface area contributed by atoms with Gasteiger partial charge in [-0.2, -0.15) is 0 Å². The Labute approximate surface area is 100.0 Å². The summed E-state index contributed by atoms with van der Waals surface area (Å²) in [6, 6.07) is 10.0. The van der Waals surface area contributed by atoms with Crippen LogP contribution in [-0.4, -0.2) is 11.5 Å². The van der Waals surface area contributed by atoms with Gasteiger partial charge < -0.3 is 5.32 Å². The van der Waals surface area contributed by atoms with Crippen LogP contribution in [0, 0.1) is 0 Å². The van der Waals surface area contributed by atoms with E-state index in [1.165, 1.54) is 0 Å². The molecule has 0 fully saturated rings. The Kier molecular flexibility index (Phi) is 3.54. The van der Waals surface area contributed by atoms with Gasteiger partial charge in [0.05, 0.1) is 5.52 Å². The normalized spacial score (nSPS) is 10.6. The van der Waals surface area contributed by atoms with Crippen LogP contribution in [0.5, 0.6) is 0 Å². The molecular formula is C13H13ClN2. The molecule has 1 aromatic carbocycles. The molecule has 0 saturated heterocycles. The van der Waals surface area contributed by atoms with Crippen LogP contribution in [0.25, 0.3) is 10.9 Å². The summed E-state index contributed by atoms with van der Waals surface area (Å²) in [5.74, 6) is 0. The number of nitrogens with one attached hydrogen (secondary N) is 1. The Morgan fingerprint density at radius 1 is 1.38 bits per heavy atom. The van der Waals surface area contributed by atoms with Gasteiger partial charge in [0, 0.05) is 24.0 Å². The van der Waals surface area contributed by atoms with Gasteiger partial charge in [0.15, 0.2) is 0 Å². The van der Waals surface area contributed by atoms with Crippen LogP contribution < -0.4 is 5.32 Å². The highest BCUT2D eigenvalue weighted by atomic mass is 35.5. The predicted molar refractivity (Wildman–Crippen MR) is 68.7 cm³/mol. The minimum Gasteiger partial charge on any atom is -0.309 e. The number of rotatable bonds is 4. The Morgan fingerprint density at radius 3 is 3.00 bits per heavy atom. The van der Waals surface area contributed by atoms with Crippen molar-refractivity contribution in [2.45, 2.75) is 6.54 Å². The third-order valence-corrected chi connectivity index (χ3v) is 2.68. The molecule has 1 heterocycles. The quantitative estimate of drug-likeness (QED) is 0.498. The monoisotopic (exact) mass is 232 g/mol. The second kappa shape index (κ2) is 5.10. The zero-order valence-electron chi connectivity index (χ0n) is 8.91. The molecule has 1 N–H and O–H groups in total. The number of hydrogen-bond acceptors (Lipinski definition) is 2. The van der Waals surface area contributed by atoms with Crippen LogP contribution in [0.15, 0.2) is 43.0 Å². The van der Waals surface area contributed by atoms with Gasteiger partial charge in [-0.3, -0.25) is 0 Å². The Morgan fingerprint density at radius 2 is 2.19 bits per heavy atom. The fraction of sp³-hybridized carbons (Fsp3) is 0.154. The molecule has 2 aromatic rings. The Hall–Kier alpha value is -1.38. The molecule has 0 aliphatic heterocycles. The van der Waals surface area contributed by atoms with Crippen molar-refractivity contribution in [1.82, 2.24) is 10.3 Å². The fourth-order valence-corrected chi connectivity index (χ4v) is 1.78. The third-order valence-electron chi connectivity index (χ3n) is 2.35. The molecule has 2 nitrogen and oxygen atoms in total. The highest BCUT2D eigenvalue weighted by Gasteiger charge is 2.03. The number of nitrogens with zero attached hydrogens (tertiary/aromatic N) is 1. The summed E-state index contributed by atoms with van der Waals surface area (Å²) in [6.45, 7) is 5.13. The van der Waals surface area contributed by atoms with Crippen molar-refractivity contribution < 1.29 is 0 Å². The lowest BCUT2D eigenvalue weighted by atomic mass is 10.1. The first-order valence-corrected chi connectivity index (χ1v) is 5.55. The number of fused-ring (bicyclic) bond motifs is 1. The van der Waals surface area contributed by atoms with Crippen LogP contribution in [0.1, 0.15) is 5.56 Å². The number of hydrogen-bond donors (Lipinski definition) is 1. The maximum absolute atomic E-state index is 6.11. The summed E-state index contributed by atoms with van der Waals surface area (Å²) in [5.41, 5.74) is 1.95. The molecule has 0 unspecified atom stereocenters. The second-order valence-corrected chi connectivity index (χ2v) is 3.91. The topological polar surface area (TPSA) is 24.9 Å². The molecular weight excluding hydrogens is 220 g/mol. The highest BCUT2D eigenvalue weighted by molar-refractivity contribution is 6.30. The molecule has 0 spiro atoms. The first-order valence-electron chi connectivity index (χ1n) is 5.17. The van der Waals surface area contributed by atoms with Crippen molar-refractivity contribution in [2.75, 3.05) is 6.54 Å². The third kappa shape index (κ3) is 2.40. The lowest BCUT2D eigenvalue weighted by molar-refractivity contribution is 0.759. The van der Waals surface area contributed by atoms with Gasteiger partial charge in [-0.25, -0.2) is 4.98 Å². The van der Waals surface area contributed by atoms with Crippen molar-refractivity contribution in [1.29, 1.82) is 0 Å². The molecule has 0 radical (unpaired) electrons. The lowest BCUT2D eigenvalue weighted by Gasteiger charge is -2.06. The van der Waals surface area contributed by atoms with Gasteiger partial charge in [-0.15, -0.1) is 6.58 Å². The molecule has 3 heteroatoms. The van der Waals surface area contributed by atoms with Crippen LogP contribution in [0.3, 0.4) is 0 Å². The zero-order valence-corrected chi connectivity index (χ0v) is 9.67. The van der Waals surface area contributed by atoms with E-state index in [9.17, 15) is 0 Å². The average Bonchev–Trinajstić information content (AvgIpc) is 2.30. The first kappa shape index (κ1) is 11.1. The number of halogens is 1. The van der Waals surface area contributed by atoms with E-state index in [4.69, 9.17) is 11.6 Å². The summed E-state index contributed by atoms with van der Waals surface area (Å²) in [5, 5.41) is 4.89. The van der Waals surface area contributed by atoms with Gasteiger partial charge in [-0.05, 0) is 12.1 Å². The summed E-state index contributed by atoms with van der Waals surface area (Å²) in [7, 11) is 0. The van der Waals surface area contributed by atoms with E-state index in [2.05, 4.69) is 22.9 Å². The minimum absolute atomic E-state index is 0.565. The Bertz CT molecular complexity index is 508. The summed E-state index contributed by atoms with van der Waals surface area (Å²) < 4.78 is 0. The van der Waals surface area contributed by atoms with Gasteiger partial charge in [0.1, 0.15) is 5.15 Å². The molecule has 2 rings (SSSR count). The van der Waals surface area contributed by atoms with Crippen LogP contribution in [0.4, 0.5) is 0 Å². The van der Waals surface area contributed by atoms with Gasteiger partial charge in [0.2, 0.25) is 0 Å². The maximum atomic E-state index is 6.11. The van der Waals surface area contributed by atoms with E-state index >= 15 is 0 Å². The average molecular weight is 233 g/mol. The molecule has 16 heavy (non-hydrogen) atoms. The largest absolute Gasteiger partial charge is 0.309 e. The van der Waals surface area contributed by atoms with Crippen molar-refractivity contribution in [3.8, 4) is 0 Å². The first-order chi connectivity index (χ1) is 7.81.